The number of carbonyl (C=O) groups is 1. The molecule has 0 saturated carbocycles. The minimum absolute atomic E-state index is 0.124. The highest BCUT2D eigenvalue weighted by molar-refractivity contribution is 5.97. The molecule has 9 heteroatoms. The van der Waals surface area contributed by atoms with Gasteiger partial charge in [0.15, 0.2) is 5.49 Å². The van der Waals surface area contributed by atoms with Crippen LogP contribution in [0.25, 0.3) is 0 Å². The highest BCUT2D eigenvalue weighted by Gasteiger charge is 2.14. The van der Waals surface area contributed by atoms with Crippen LogP contribution in [0.4, 0.5) is 0 Å². The molecule has 0 saturated heterocycles. The third-order valence-electron chi connectivity index (χ3n) is 5.91. The summed E-state index contributed by atoms with van der Waals surface area (Å²) in [6.07, 6.45) is 16.8. The van der Waals surface area contributed by atoms with E-state index in [-0.39, 0.29) is 31.0 Å². The molecule has 1 aromatic heterocycles. The molecule has 250 valence electrons. The Morgan fingerprint density at radius 1 is 1.09 bits per heavy atom. The lowest BCUT2D eigenvalue weighted by Crippen LogP contribution is -2.28. The number of hydrogen-bond donors (Lipinski definition) is 1. The van der Waals surface area contributed by atoms with Crippen LogP contribution in [-0.4, -0.2) is 56.9 Å². The van der Waals surface area contributed by atoms with Crippen LogP contribution in [0.3, 0.4) is 0 Å². The number of methoxy groups -OCH3 is 3. The first-order chi connectivity index (χ1) is 21.8. The summed E-state index contributed by atoms with van der Waals surface area (Å²) in [4.78, 5) is 13.3. The van der Waals surface area contributed by atoms with Crippen molar-refractivity contribution >= 4 is 12.6 Å². The molecular formula is C36H57N5O4. The summed E-state index contributed by atoms with van der Waals surface area (Å²) in [6, 6.07) is 3.76. The van der Waals surface area contributed by atoms with Gasteiger partial charge in [0.2, 0.25) is 0 Å². The Labute approximate surface area is 272 Å². The van der Waals surface area contributed by atoms with Gasteiger partial charge in [-0.3, -0.25) is 4.79 Å². The molecule has 45 heavy (non-hydrogen) atoms. The number of nitrogens with one attached hydrogen (secondary N) is 1. The molecular weight excluding hydrogens is 566 g/mol. The van der Waals surface area contributed by atoms with E-state index in [0.717, 1.165) is 11.3 Å². The number of hydrogen-bond acceptors (Lipinski definition) is 7. The standard InChI is InChI=1S/C32H45N5O4.2C2H6/c1-10-13-15-26(12-3)25(5)22-37-31(35-33-6)17-16-30(36-37)24(4)20-28(14-11-2)34-32(38)27(18-19-39-7)21-29(41-9)23-40-8;2*1-2/h10-18,20-21,24-25H,3,6,19,22-23H2,1-2,4-5,7-9H3,(H,34,38);2*1-2H3/b13-10-,14-11-,26-15+,27-18+,28-20+,29-21+,35-31-;;. The number of nitrogens with zero attached hydrogens (tertiary/aromatic N) is 4. The Morgan fingerprint density at radius 3 is 2.31 bits per heavy atom. The summed E-state index contributed by atoms with van der Waals surface area (Å²) in [5.74, 6) is 0.186. The fourth-order valence-electron chi connectivity index (χ4n) is 3.75. The lowest BCUT2D eigenvalue weighted by molar-refractivity contribution is -0.116. The van der Waals surface area contributed by atoms with Crippen molar-refractivity contribution in [3.63, 3.8) is 0 Å². The zero-order chi connectivity index (χ0) is 34.6. The van der Waals surface area contributed by atoms with E-state index in [1.54, 1.807) is 26.4 Å². The normalized spacial score (nSPS) is 14.2. The van der Waals surface area contributed by atoms with Crippen LogP contribution in [0.15, 0.2) is 106 Å². The zero-order valence-electron chi connectivity index (χ0n) is 29.5. The predicted octanol–water partition coefficient (Wildman–Crippen LogP) is 7.21. The van der Waals surface area contributed by atoms with Crippen molar-refractivity contribution in [2.75, 3.05) is 34.5 Å². The highest BCUT2D eigenvalue weighted by Crippen LogP contribution is 2.18. The van der Waals surface area contributed by atoms with Gasteiger partial charge in [-0.25, -0.2) is 4.68 Å². The van der Waals surface area contributed by atoms with Crippen LogP contribution in [-0.2, 0) is 25.5 Å². The van der Waals surface area contributed by atoms with E-state index in [1.807, 2.05) is 108 Å². The van der Waals surface area contributed by atoms with Gasteiger partial charge < -0.3 is 19.5 Å². The Kier molecular flexibility index (Phi) is 26.3. The van der Waals surface area contributed by atoms with Gasteiger partial charge in [0.1, 0.15) is 12.4 Å². The Morgan fingerprint density at radius 2 is 1.78 bits per heavy atom. The first kappa shape index (κ1) is 43.0. The second kappa shape index (κ2) is 27.5. The first-order valence-corrected chi connectivity index (χ1v) is 15.4. The molecule has 1 amide bonds. The van der Waals surface area contributed by atoms with E-state index >= 15 is 0 Å². The van der Waals surface area contributed by atoms with Crippen molar-refractivity contribution in [2.24, 2.45) is 16.1 Å². The van der Waals surface area contributed by atoms with Crippen molar-refractivity contribution in [3.05, 3.63) is 107 Å². The molecule has 0 aliphatic rings. The second-order valence-corrected chi connectivity index (χ2v) is 9.06. The minimum Gasteiger partial charge on any atom is -0.499 e. The van der Waals surface area contributed by atoms with E-state index in [1.165, 1.54) is 7.11 Å². The van der Waals surface area contributed by atoms with Crippen molar-refractivity contribution in [1.29, 1.82) is 0 Å². The predicted molar refractivity (Wildman–Crippen MR) is 189 cm³/mol. The zero-order valence-corrected chi connectivity index (χ0v) is 29.5. The smallest absolute Gasteiger partial charge is 0.255 e. The molecule has 0 bridgehead atoms. The molecule has 1 rings (SSSR count). The third-order valence-corrected chi connectivity index (χ3v) is 5.91. The fraction of sp³-hybridized carbons (Fsp3) is 0.444. The Hall–Kier alpha value is -4.08. The summed E-state index contributed by atoms with van der Waals surface area (Å²) >= 11 is 0. The van der Waals surface area contributed by atoms with Crippen molar-refractivity contribution < 1.29 is 19.0 Å². The number of rotatable bonds is 17. The molecule has 2 atom stereocenters. The molecule has 2 unspecified atom stereocenters. The maximum atomic E-state index is 13.3. The van der Waals surface area contributed by atoms with Gasteiger partial charge in [-0.15, -0.1) is 5.10 Å². The number of allylic oxidation sites excluding steroid dienone is 8. The van der Waals surface area contributed by atoms with Crippen LogP contribution >= 0.6 is 0 Å². The highest BCUT2D eigenvalue weighted by atomic mass is 16.5. The van der Waals surface area contributed by atoms with E-state index < -0.39 is 0 Å². The van der Waals surface area contributed by atoms with Crippen LogP contribution in [0.5, 0.6) is 0 Å². The van der Waals surface area contributed by atoms with Gasteiger partial charge >= 0.3 is 0 Å². The first-order valence-electron chi connectivity index (χ1n) is 15.4. The summed E-state index contributed by atoms with van der Waals surface area (Å²) in [6.45, 7) is 24.5. The van der Waals surface area contributed by atoms with Crippen LogP contribution in [0.1, 0.15) is 67.0 Å². The van der Waals surface area contributed by atoms with Gasteiger partial charge in [0.25, 0.3) is 5.91 Å². The molecule has 1 heterocycles. The van der Waals surface area contributed by atoms with Crippen molar-refractivity contribution in [2.45, 2.75) is 67.9 Å². The largest absolute Gasteiger partial charge is 0.499 e. The molecule has 1 aromatic rings. The SMILES string of the molecule is C=C/C(=C\C=C/C)C(C)Cn1nc(C(C)/C=C(\C=C/C)NC(=O)C(/C=C(\COC)OC)=C/COC)cc/c1=N/N=C.CC.CC. The van der Waals surface area contributed by atoms with Crippen LogP contribution < -0.4 is 10.8 Å². The average Bonchev–Trinajstić information content (AvgIpc) is 3.05. The molecule has 1 N–H and O–H groups in total. The number of carbonyl (C=O) groups excluding carboxylic acids is 1. The minimum atomic E-state index is -0.308. The van der Waals surface area contributed by atoms with Crippen molar-refractivity contribution in [3.8, 4) is 0 Å². The van der Waals surface area contributed by atoms with Gasteiger partial charge in [0.05, 0.1) is 19.4 Å². The monoisotopic (exact) mass is 623 g/mol. The molecule has 0 fully saturated rings. The fourth-order valence-corrected chi connectivity index (χ4v) is 3.75. The topological polar surface area (TPSA) is 99.3 Å². The van der Waals surface area contributed by atoms with Gasteiger partial charge in [-0.2, -0.15) is 10.2 Å². The quantitative estimate of drug-likeness (QED) is 0.0650. The van der Waals surface area contributed by atoms with Gasteiger partial charge in [0, 0.05) is 50.6 Å². The summed E-state index contributed by atoms with van der Waals surface area (Å²) in [5.41, 5.74) is 3.48. The maximum absolute atomic E-state index is 13.3. The Bertz CT molecular complexity index is 1270. The number of amides is 1. The number of aromatic nitrogens is 2. The van der Waals surface area contributed by atoms with E-state index in [9.17, 15) is 4.79 Å². The average molecular weight is 624 g/mol. The molecule has 0 spiro atoms. The van der Waals surface area contributed by atoms with E-state index in [0.29, 0.717) is 29.1 Å². The third kappa shape index (κ3) is 17.1. The lowest BCUT2D eigenvalue weighted by atomic mass is 10.0. The van der Waals surface area contributed by atoms with Crippen molar-refractivity contribution in [1.82, 2.24) is 15.1 Å². The second-order valence-electron chi connectivity index (χ2n) is 9.06. The molecule has 0 aliphatic carbocycles. The summed E-state index contributed by atoms with van der Waals surface area (Å²) < 4.78 is 17.5. The molecule has 0 aromatic carbocycles. The summed E-state index contributed by atoms with van der Waals surface area (Å²) in [7, 11) is 4.66. The van der Waals surface area contributed by atoms with E-state index in [4.69, 9.17) is 19.3 Å². The Balaban J connectivity index is 0. The van der Waals surface area contributed by atoms with Gasteiger partial charge in [-0.1, -0.05) is 84.6 Å². The molecule has 9 nitrogen and oxygen atoms in total. The van der Waals surface area contributed by atoms with Gasteiger partial charge in [-0.05, 0) is 49.8 Å². The summed E-state index contributed by atoms with van der Waals surface area (Å²) in [5, 5.41) is 15.7. The van der Waals surface area contributed by atoms with E-state index in [2.05, 4.69) is 35.7 Å². The lowest BCUT2D eigenvalue weighted by Gasteiger charge is -2.17. The van der Waals surface area contributed by atoms with Crippen LogP contribution in [0.2, 0.25) is 0 Å². The number of ether oxygens (including phenoxy) is 3. The molecule has 0 radical (unpaired) electrons. The molecule has 0 aliphatic heterocycles. The van der Waals surface area contributed by atoms with Crippen LogP contribution in [0, 0.1) is 5.92 Å². The maximum Gasteiger partial charge on any atom is 0.255 e.